The first kappa shape index (κ1) is 40.2. The molecule has 10 nitrogen and oxygen atoms in total. The van der Waals surface area contributed by atoms with Gasteiger partial charge in [0, 0.05) is 37.7 Å². The standard InChI is InChI=1S/C42H46N2O8S2/c1-3-53-25-23-43(27-29-15-19-33(20-16-29)51-31-11-7-5-8-12-31)39(45)35-37(41(47)48)36(38(35)42(49)50)40(46)44(24-26-54-4-2)28-30-17-21-34(22-18-30)52-32-13-9-6-10-14-32/h5-22,35-38H,3-4,23-28H2,1-2H3,(H,47,48)(H,49,50). The first-order chi connectivity index (χ1) is 26.2. The molecule has 0 bridgehead atoms. The molecular formula is C42H46N2O8S2. The molecule has 284 valence electrons. The highest BCUT2D eigenvalue weighted by molar-refractivity contribution is 7.99. The van der Waals surface area contributed by atoms with Crippen molar-refractivity contribution < 1.29 is 38.9 Å². The average Bonchev–Trinajstić information content (AvgIpc) is 3.15. The molecule has 0 aromatic heterocycles. The Labute approximate surface area is 324 Å². The van der Waals surface area contributed by atoms with Gasteiger partial charge >= 0.3 is 11.9 Å². The fourth-order valence-corrected chi connectivity index (χ4v) is 7.86. The van der Waals surface area contributed by atoms with Crippen molar-refractivity contribution in [1.82, 2.24) is 9.80 Å². The van der Waals surface area contributed by atoms with Gasteiger partial charge in [0.2, 0.25) is 11.8 Å². The van der Waals surface area contributed by atoms with Gasteiger partial charge in [0.25, 0.3) is 0 Å². The molecule has 2 amide bonds. The molecule has 0 atom stereocenters. The van der Waals surface area contributed by atoms with Crippen LogP contribution < -0.4 is 9.47 Å². The number of para-hydroxylation sites is 2. The Bertz CT molecular complexity index is 1680. The predicted molar refractivity (Wildman–Crippen MR) is 212 cm³/mol. The van der Waals surface area contributed by atoms with E-state index in [1.54, 1.807) is 47.8 Å². The number of nitrogens with zero attached hydrogens (tertiary/aromatic N) is 2. The van der Waals surface area contributed by atoms with E-state index in [0.29, 0.717) is 34.5 Å². The van der Waals surface area contributed by atoms with E-state index in [2.05, 4.69) is 0 Å². The first-order valence-corrected chi connectivity index (χ1v) is 20.3. The highest BCUT2D eigenvalue weighted by Crippen LogP contribution is 2.49. The summed E-state index contributed by atoms with van der Waals surface area (Å²) < 4.78 is 11.8. The van der Waals surface area contributed by atoms with Gasteiger partial charge in [-0.15, -0.1) is 0 Å². The van der Waals surface area contributed by atoms with Gasteiger partial charge in [-0.05, 0) is 71.2 Å². The summed E-state index contributed by atoms with van der Waals surface area (Å²) in [5, 5.41) is 21.0. The van der Waals surface area contributed by atoms with Crippen LogP contribution >= 0.6 is 23.5 Å². The fraction of sp³-hybridized carbons (Fsp3) is 0.333. The minimum absolute atomic E-state index is 0.146. The van der Waals surface area contributed by atoms with Gasteiger partial charge < -0.3 is 29.5 Å². The zero-order valence-electron chi connectivity index (χ0n) is 30.4. The van der Waals surface area contributed by atoms with Gasteiger partial charge in [-0.2, -0.15) is 23.5 Å². The second-order valence-corrected chi connectivity index (χ2v) is 15.6. The van der Waals surface area contributed by atoms with E-state index < -0.39 is 47.4 Å². The molecule has 54 heavy (non-hydrogen) atoms. The molecule has 0 aliphatic heterocycles. The van der Waals surface area contributed by atoms with Crippen LogP contribution in [0.25, 0.3) is 0 Å². The van der Waals surface area contributed by atoms with Crippen LogP contribution in [0.1, 0.15) is 25.0 Å². The Hall–Kier alpha value is -4.94. The topological polar surface area (TPSA) is 134 Å². The third kappa shape index (κ3) is 10.6. The largest absolute Gasteiger partial charge is 0.481 e. The zero-order valence-corrected chi connectivity index (χ0v) is 32.0. The summed E-state index contributed by atoms with van der Waals surface area (Å²) >= 11 is 3.25. The van der Waals surface area contributed by atoms with E-state index in [-0.39, 0.29) is 26.2 Å². The molecule has 1 saturated carbocycles. The number of carboxylic acids is 2. The van der Waals surface area contributed by atoms with Crippen LogP contribution in [0.3, 0.4) is 0 Å². The summed E-state index contributed by atoms with van der Waals surface area (Å²) in [5.41, 5.74) is 1.55. The van der Waals surface area contributed by atoms with Crippen molar-refractivity contribution in [3.63, 3.8) is 0 Å². The molecule has 1 fully saturated rings. The third-order valence-electron chi connectivity index (χ3n) is 9.28. The van der Waals surface area contributed by atoms with E-state index in [0.717, 1.165) is 22.6 Å². The first-order valence-electron chi connectivity index (χ1n) is 18.0. The monoisotopic (exact) mass is 770 g/mol. The number of rotatable bonds is 20. The Morgan fingerprint density at radius 3 is 1.17 bits per heavy atom. The molecule has 1 aliphatic rings. The lowest BCUT2D eigenvalue weighted by atomic mass is 9.55. The molecule has 12 heteroatoms. The number of amides is 2. The van der Waals surface area contributed by atoms with E-state index in [9.17, 15) is 29.4 Å². The second kappa shape index (κ2) is 19.9. The lowest BCUT2D eigenvalue weighted by molar-refractivity contribution is -0.187. The lowest BCUT2D eigenvalue weighted by Crippen LogP contribution is -2.64. The van der Waals surface area contributed by atoms with Crippen LogP contribution in [0.5, 0.6) is 23.0 Å². The number of benzene rings is 4. The van der Waals surface area contributed by atoms with Crippen molar-refractivity contribution in [2.75, 3.05) is 36.1 Å². The quantitative estimate of drug-likeness (QED) is 0.0859. The second-order valence-electron chi connectivity index (χ2n) is 12.8. The average molecular weight is 771 g/mol. The Morgan fingerprint density at radius 1 is 0.519 bits per heavy atom. The van der Waals surface area contributed by atoms with E-state index in [4.69, 9.17) is 9.47 Å². The number of thioether (sulfide) groups is 2. The van der Waals surface area contributed by atoms with Gasteiger partial charge in [-0.1, -0.05) is 74.5 Å². The molecule has 0 heterocycles. The number of hydrogen-bond acceptors (Lipinski definition) is 8. The number of carbonyl (C=O) groups is 4. The normalized spacial score (nSPS) is 17.5. The number of aliphatic carboxylic acids is 2. The van der Waals surface area contributed by atoms with Crippen LogP contribution in [0, 0.1) is 23.7 Å². The van der Waals surface area contributed by atoms with Crippen LogP contribution in [0.15, 0.2) is 109 Å². The summed E-state index contributed by atoms with van der Waals surface area (Å²) in [6, 6.07) is 33.1. The van der Waals surface area contributed by atoms with Gasteiger partial charge in [0.1, 0.15) is 23.0 Å². The van der Waals surface area contributed by atoms with Crippen LogP contribution in [-0.4, -0.2) is 79.9 Å². The number of ether oxygens (including phenoxy) is 2. The third-order valence-corrected chi connectivity index (χ3v) is 11.0. The Balaban J connectivity index is 1.34. The van der Waals surface area contributed by atoms with Crippen LogP contribution in [-0.2, 0) is 32.3 Å². The Morgan fingerprint density at radius 2 is 0.852 bits per heavy atom. The molecule has 0 spiro atoms. The highest BCUT2D eigenvalue weighted by atomic mass is 32.2. The lowest BCUT2D eigenvalue weighted by Gasteiger charge is -2.48. The SMILES string of the molecule is CCSCCN(Cc1ccc(Oc2ccccc2)cc1)C(=O)C1C(C(=O)O)C(C(=O)N(CCSCC)Cc2ccc(Oc3ccccc3)cc2)C1C(=O)O. The van der Waals surface area contributed by atoms with Crippen LogP contribution in [0.2, 0.25) is 0 Å². The molecule has 0 radical (unpaired) electrons. The molecule has 4 aromatic carbocycles. The van der Waals surface area contributed by atoms with Crippen LogP contribution in [0.4, 0.5) is 0 Å². The van der Waals surface area contributed by atoms with Crippen molar-refractivity contribution >= 4 is 47.3 Å². The number of carboxylic acid groups (broad SMARTS) is 2. The number of hydrogen-bond donors (Lipinski definition) is 2. The summed E-state index contributed by atoms with van der Waals surface area (Å²) in [4.78, 5) is 57.4. The van der Waals surface area contributed by atoms with E-state index >= 15 is 0 Å². The maximum absolute atomic E-state index is 14.3. The maximum atomic E-state index is 14.3. The Kier molecular flexibility index (Phi) is 14.9. The molecule has 4 aromatic rings. The van der Waals surface area contributed by atoms with Gasteiger partial charge in [0.15, 0.2) is 0 Å². The van der Waals surface area contributed by atoms with E-state index in [1.807, 2.05) is 98.8 Å². The molecule has 5 rings (SSSR count). The molecule has 1 aliphatic carbocycles. The minimum Gasteiger partial charge on any atom is -0.481 e. The summed E-state index contributed by atoms with van der Waals surface area (Å²) in [6.07, 6.45) is 0. The summed E-state index contributed by atoms with van der Waals surface area (Å²) in [7, 11) is 0. The van der Waals surface area contributed by atoms with Crippen molar-refractivity contribution in [1.29, 1.82) is 0 Å². The highest BCUT2D eigenvalue weighted by Gasteiger charge is 2.64. The summed E-state index contributed by atoms with van der Waals surface area (Å²) in [6.45, 7) is 4.88. The van der Waals surface area contributed by atoms with Gasteiger partial charge in [0.05, 0.1) is 23.7 Å². The maximum Gasteiger partial charge on any atom is 0.308 e. The van der Waals surface area contributed by atoms with E-state index in [1.165, 1.54) is 9.80 Å². The zero-order chi connectivity index (χ0) is 38.5. The smallest absolute Gasteiger partial charge is 0.308 e. The molecular weight excluding hydrogens is 725 g/mol. The molecule has 0 unspecified atom stereocenters. The van der Waals surface area contributed by atoms with Crippen molar-refractivity contribution in [3.8, 4) is 23.0 Å². The predicted octanol–water partition coefficient (Wildman–Crippen LogP) is 7.78. The van der Waals surface area contributed by atoms with Crippen molar-refractivity contribution in [3.05, 3.63) is 120 Å². The summed E-state index contributed by atoms with van der Waals surface area (Å²) in [5.74, 6) is -4.28. The molecule has 0 saturated heterocycles. The molecule has 2 N–H and O–H groups in total. The van der Waals surface area contributed by atoms with Gasteiger partial charge in [-0.25, -0.2) is 0 Å². The number of carbonyl (C=O) groups excluding carboxylic acids is 2. The fourth-order valence-electron chi connectivity index (χ4n) is 6.59. The van der Waals surface area contributed by atoms with Crippen molar-refractivity contribution in [2.45, 2.75) is 26.9 Å². The van der Waals surface area contributed by atoms with Gasteiger partial charge in [-0.3, -0.25) is 19.2 Å². The minimum atomic E-state index is -1.49. The van der Waals surface area contributed by atoms with Crippen molar-refractivity contribution in [2.24, 2.45) is 23.7 Å².